The number of halogens is 1. The van der Waals surface area contributed by atoms with Gasteiger partial charge in [0, 0.05) is 22.2 Å². The van der Waals surface area contributed by atoms with E-state index in [1.165, 1.54) is 6.07 Å². The summed E-state index contributed by atoms with van der Waals surface area (Å²) in [5, 5.41) is 0.871. The molecule has 1 heterocycles. The van der Waals surface area contributed by atoms with Gasteiger partial charge >= 0.3 is 0 Å². The van der Waals surface area contributed by atoms with Gasteiger partial charge in [0.15, 0.2) is 5.78 Å². The number of nitrogens with one attached hydrogen (secondary N) is 1. The Balaban J connectivity index is 2.17. The molecule has 0 aliphatic rings. The summed E-state index contributed by atoms with van der Waals surface area (Å²) in [4.78, 5) is 15.8. The molecule has 0 spiro atoms. The molecule has 0 unspecified atom stereocenters. The van der Waals surface area contributed by atoms with Crippen molar-refractivity contribution in [3.05, 3.63) is 70.7 Å². The topological polar surface area (TPSA) is 32.9 Å². The van der Waals surface area contributed by atoms with Crippen LogP contribution in [0.15, 0.2) is 42.5 Å². The van der Waals surface area contributed by atoms with Crippen LogP contribution in [0.2, 0.25) is 0 Å². The SMILES string of the molecule is Cc1ccc(C(=O)c2c(C)[nH]c3ccccc23)cc1F. The van der Waals surface area contributed by atoms with E-state index >= 15 is 0 Å². The van der Waals surface area contributed by atoms with Crippen LogP contribution in [0.3, 0.4) is 0 Å². The van der Waals surface area contributed by atoms with Crippen molar-refractivity contribution >= 4 is 16.7 Å². The Kier molecular flexibility index (Phi) is 2.90. The lowest BCUT2D eigenvalue weighted by Gasteiger charge is -2.03. The van der Waals surface area contributed by atoms with Crippen molar-refractivity contribution in [2.24, 2.45) is 0 Å². The maximum absolute atomic E-state index is 13.6. The minimum Gasteiger partial charge on any atom is -0.358 e. The van der Waals surface area contributed by atoms with Gasteiger partial charge in [0.2, 0.25) is 0 Å². The summed E-state index contributed by atoms with van der Waals surface area (Å²) in [5.41, 5.74) is 3.25. The molecule has 1 aromatic heterocycles. The first-order chi connectivity index (χ1) is 9.58. The highest BCUT2D eigenvalue weighted by Gasteiger charge is 2.18. The third kappa shape index (κ3) is 1.92. The number of H-pyrrole nitrogens is 1. The summed E-state index contributed by atoms with van der Waals surface area (Å²) >= 11 is 0. The lowest BCUT2D eigenvalue weighted by molar-refractivity contribution is 0.103. The van der Waals surface area contributed by atoms with Crippen LogP contribution in [0.1, 0.15) is 27.2 Å². The summed E-state index contributed by atoms with van der Waals surface area (Å²) in [6, 6.07) is 12.2. The molecular weight excluding hydrogens is 253 g/mol. The highest BCUT2D eigenvalue weighted by molar-refractivity contribution is 6.17. The zero-order valence-electron chi connectivity index (χ0n) is 11.3. The summed E-state index contributed by atoms with van der Waals surface area (Å²) in [6.45, 7) is 3.54. The number of aromatic amines is 1. The Morgan fingerprint density at radius 1 is 1.10 bits per heavy atom. The molecule has 0 atom stereocenters. The molecule has 0 saturated heterocycles. The number of fused-ring (bicyclic) bond motifs is 1. The van der Waals surface area contributed by atoms with Gasteiger partial charge in [-0.2, -0.15) is 0 Å². The predicted octanol–water partition coefficient (Wildman–Crippen LogP) is 4.15. The van der Waals surface area contributed by atoms with E-state index < -0.39 is 0 Å². The molecule has 0 fully saturated rings. The van der Waals surface area contributed by atoms with E-state index in [0.717, 1.165) is 16.6 Å². The van der Waals surface area contributed by atoms with Gasteiger partial charge in [-0.05, 0) is 31.5 Å². The largest absolute Gasteiger partial charge is 0.358 e. The fraction of sp³-hybridized carbons (Fsp3) is 0.118. The number of aryl methyl sites for hydroxylation is 2. The first-order valence-corrected chi connectivity index (χ1v) is 6.46. The quantitative estimate of drug-likeness (QED) is 0.695. The number of ketones is 1. The molecule has 2 nitrogen and oxygen atoms in total. The number of para-hydroxylation sites is 1. The van der Waals surface area contributed by atoms with Crippen molar-refractivity contribution in [1.82, 2.24) is 4.98 Å². The van der Waals surface area contributed by atoms with Crippen LogP contribution in [0.5, 0.6) is 0 Å². The van der Waals surface area contributed by atoms with Crippen molar-refractivity contribution in [1.29, 1.82) is 0 Å². The fourth-order valence-electron chi connectivity index (χ4n) is 2.45. The molecule has 0 radical (unpaired) electrons. The van der Waals surface area contributed by atoms with Crippen molar-refractivity contribution in [3.8, 4) is 0 Å². The lowest BCUT2D eigenvalue weighted by Crippen LogP contribution is -2.03. The van der Waals surface area contributed by atoms with Gasteiger partial charge in [0.05, 0.1) is 5.56 Å². The first-order valence-electron chi connectivity index (χ1n) is 6.46. The maximum Gasteiger partial charge on any atom is 0.195 e. The van der Waals surface area contributed by atoms with Crippen molar-refractivity contribution < 1.29 is 9.18 Å². The molecule has 100 valence electrons. The predicted molar refractivity (Wildman–Crippen MR) is 77.6 cm³/mol. The average Bonchev–Trinajstić information content (AvgIpc) is 2.77. The number of hydrogen-bond donors (Lipinski definition) is 1. The minimum absolute atomic E-state index is 0.154. The number of rotatable bonds is 2. The van der Waals surface area contributed by atoms with Crippen LogP contribution in [0.25, 0.3) is 10.9 Å². The molecule has 0 aliphatic carbocycles. The van der Waals surface area contributed by atoms with Crippen LogP contribution in [-0.2, 0) is 0 Å². The van der Waals surface area contributed by atoms with Gasteiger partial charge in [-0.3, -0.25) is 4.79 Å². The number of carbonyl (C=O) groups is 1. The van der Waals surface area contributed by atoms with E-state index in [9.17, 15) is 9.18 Å². The molecule has 2 aromatic carbocycles. The molecule has 3 heteroatoms. The average molecular weight is 267 g/mol. The first kappa shape index (κ1) is 12.6. The molecule has 0 bridgehead atoms. The second-order valence-electron chi connectivity index (χ2n) is 4.96. The third-order valence-electron chi connectivity index (χ3n) is 3.55. The number of aromatic nitrogens is 1. The van der Waals surface area contributed by atoms with Gasteiger partial charge in [-0.1, -0.05) is 30.3 Å². The van der Waals surface area contributed by atoms with Crippen LogP contribution in [0, 0.1) is 19.7 Å². The number of hydrogen-bond acceptors (Lipinski definition) is 1. The van der Waals surface area contributed by atoms with Crippen LogP contribution >= 0.6 is 0 Å². The standard InChI is InChI=1S/C17H14FNO/c1-10-7-8-12(9-14(10)18)17(20)16-11(2)19-15-6-4-3-5-13(15)16/h3-9,19H,1-2H3. The highest BCUT2D eigenvalue weighted by atomic mass is 19.1. The Morgan fingerprint density at radius 2 is 1.85 bits per heavy atom. The van der Waals surface area contributed by atoms with E-state index in [1.807, 2.05) is 31.2 Å². The highest BCUT2D eigenvalue weighted by Crippen LogP contribution is 2.25. The molecule has 20 heavy (non-hydrogen) atoms. The monoisotopic (exact) mass is 267 g/mol. The zero-order chi connectivity index (χ0) is 14.3. The second kappa shape index (κ2) is 4.60. The van der Waals surface area contributed by atoms with Crippen molar-refractivity contribution in [2.45, 2.75) is 13.8 Å². The van der Waals surface area contributed by atoms with E-state index in [-0.39, 0.29) is 11.6 Å². The zero-order valence-corrected chi connectivity index (χ0v) is 11.3. The van der Waals surface area contributed by atoms with Gasteiger partial charge in [0.25, 0.3) is 0 Å². The van der Waals surface area contributed by atoms with Crippen LogP contribution in [-0.4, -0.2) is 10.8 Å². The van der Waals surface area contributed by atoms with Gasteiger partial charge in [0.1, 0.15) is 5.82 Å². The van der Waals surface area contributed by atoms with Crippen LogP contribution < -0.4 is 0 Å². The van der Waals surface area contributed by atoms with Crippen LogP contribution in [0.4, 0.5) is 4.39 Å². The van der Waals surface area contributed by atoms with Gasteiger partial charge in [-0.15, -0.1) is 0 Å². The smallest absolute Gasteiger partial charge is 0.195 e. The van der Waals surface area contributed by atoms with E-state index in [1.54, 1.807) is 19.1 Å². The summed E-state index contributed by atoms with van der Waals surface area (Å²) in [6.07, 6.45) is 0. The molecule has 3 rings (SSSR count). The fourth-order valence-corrected chi connectivity index (χ4v) is 2.45. The van der Waals surface area contributed by atoms with E-state index in [4.69, 9.17) is 0 Å². The minimum atomic E-state index is -0.353. The van der Waals surface area contributed by atoms with Crippen molar-refractivity contribution in [3.63, 3.8) is 0 Å². The molecule has 0 saturated carbocycles. The summed E-state index contributed by atoms with van der Waals surface area (Å²) in [7, 11) is 0. The Morgan fingerprint density at radius 3 is 2.60 bits per heavy atom. The maximum atomic E-state index is 13.6. The molecule has 0 aliphatic heterocycles. The second-order valence-corrected chi connectivity index (χ2v) is 4.96. The van der Waals surface area contributed by atoms with E-state index in [0.29, 0.717) is 16.7 Å². The van der Waals surface area contributed by atoms with E-state index in [2.05, 4.69) is 4.98 Å². The molecule has 0 amide bonds. The Bertz CT molecular complexity index is 817. The summed E-state index contributed by atoms with van der Waals surface area (Å²) < 4.78 is 13.6. The molecule has 3 aromatic rings. The lowest BCUT2D eigenvalue weighted by atomic mass is 9.99. The number of carbonyl (C=O) groups excluding carboxylic acids is 1. The number of benzene rings is 2. The van der Waals surface area contributed by atoms with Crippen molar-refractivity contribution in [2.75, 3.05) is 0 Å². The molecular formula is C17H14FNO. The third-order valence-corrected chi connectivity index (χ3v) is 3.55. The Hall–Kier alpha value is -2.42. The Labute approximate surface area is 116 Å². The van der Waals surface area contributed by atoms with Gasteiger partial charge in [-0.25, -0.2) is 4.39 Å². The van der Waals surface area contributed by atoms with Gasteiger partial charge < -0.3 is 4.98 Å². The normalized spacial score (nSPS) is 10.9. The summed E-state index contributed by atoms with van der Waals surface area (Å²) in [5.74, 6) is -0.507. The molecule has 1 N–H and O–H groups in total.